The maximum absolute atomic E-state index is 12.2. The lowest BCUT2D eigenvalue weighted by Gasteiger charge is -2.18. The Morgan fingerprint density at radius 2 is 1.87 bits per heavy atom. The molecule has 0 heterocycles. The number of hydrogen-bond acceptors (Lipinski definition) is 2. The van der Waals surface area contributed by atoms with E-state index in [-0.39, 0.29) is 5.56 Å². The molecule has 0 bridgehead atoms. The van der Waals surface area contributed by atoms with Crippen LogP contribution in [0, 0.1) is 0 Å². The molecule has 1 unspecified atom stereocenters. The monoisotopic (exact) mass is 219 g/mol. The lowest BCUT2D eigenvalue weighted by molar-refractivity contribution is -0.206. The van der Waals surface area contributed by atoms with Crippen molar-refractivity contribution in [3.05, 3.63) is 29.8 Å². The molecule has 1 atom stereocenters. The maximum atomic E-state index is 12.2. The molecule has 1 rings (SSSR count). The molecule has 0 aliphatic carbocycles. The minimum Gasteiger partial charge on any atom is -0.379 e. The number of nitrogens with zero attached hydrogens (tertiary/aromatic N) is 1. The molecular weight excluding hydrogens is 207 g/mol. The molecule has 1 aromatic rings. The molecule has 0 saturated heterocycles. The van der Waals surface area contributed by atoms with Crippen LogP contribution in [0.2, 0.25) is 0 Å². The molecule has 84 valence electrons. The highest BCUT2D eigenvalue weighted by Crippen LogP contribution is 2.33. The normalized spacial score (nSPS) is 13.7. The molecule has 0 aromatic heterocycles. The van der Waals surface area contributed by atoms with Gasteiger partial charge in [-0.15, -0.1) is 0 Å². The van der Waals surface area contributed by atoms with Crippen LogP contribution in [0.1, 0.15) is 11.7 Å². The van der Waals surface area contributed by atoms with Gasteiger partial charge in [0.15, 0.2) is 6.10 Å². The highest BCUT2D eigenvalue weighted by molar-refractivity contribution is 5.47. The van der Waals surface area contributed by atoms with Crippen molar-refractivity contribution in [3.63, 3.8) is 0 Å². The zero-order valence-electron chi connectivity index (χ0n) is 8.42. The third kappa shape index (κ3) is 2.86. The minimum absolute atomic E-state index is 0.145. The van der Waals surface area contributed by atoms with Crippen molar-refractivity contribution in [1.29, 1.82) is 0 Å². The van der Waals surface area contributed by atoms with Crippen LogP contribution in [-0.2, 0) is 0 Å². The number of rotatable bonds is 2. The molecule has 0 radical (unpaired) electrons. The number of alkyl halides is 3. The molecular formula is C10H12F3NO. The number of anilines is 1. The van der Waals surface area contributed by atoms with E-state index in [1.54, 1.807) is 25.1 Å². The van der Waals surface area contributed by atoms with Gasteiger partial charge in [0, 0.05) is 19.8 Å². The van der Waals surface area contributed by atoms with E-state index in [0.717, 1.165) is 0 Å². The summed E-state index contributed by atoms with van der Waals surface area (Å²) in [4.78, 5) is 1.67. The van der Waals surface area contributed by atoms with Crippen LogP contribution in [0.25, 0.3) is 0 Å². The van der Waals surface area contributed by atoms with E-state index in [2.05, 4.69) is 0 Å². The smallest absolute Gasteiger partial charge is 0.379 e. The number of hydrogen-bond donors (Lipinski definition) is 1. The Morgan fingerprint density at radius 3 is 2.33 bits per heavy atom. The summed E-state index contributed by atoms with van der Waals surface area (Å²) in [6.45, 7) is 0. The molecule has 0 fully saturated rings. The summed E-state index contributed by atoms with van der Waals surface area (Å²) in [5, 5.41) is 9.02. The van der Waals surface area contributed by atoms with Crippen LogP contribution >= 0.6 is 0 Å². The van der Waals surface area contributed by atoms with Crippen LogP contribution < -0.4 is 4.90 Å². The predicted octanol–water partition coefficient (Wildman–Crippen LogP) is 2.35. The minimum atomic E-state index is -4.62. The Kier molecular flexibility index (Phi) is 3.24. The first kappa shape index (κ1) is 11.8. The number of aliphatic hydroxyl groups excluding tert-OH is 1. The van der Waals surface area contributed by atoms with Gasteiger partial charge >= 0.3 is 6.18 Å². The van der Waals surface area contributed by atoms with Gasteiger partial charge < -0.3 is 10.0 Å². The molecule has 0 aliphatic rings. The van der Waals surface area contributed by atoms with Gasteiger partial charge in [-0.3, -0.25) is 0 Å². The van der Waals surface area contributed by atoms with E-state index in [1.165, 1.54) is 18.2 Å². The van der Waals surface area contributed by atoms with E-state index in [4.69, 9.17) is 5.11 Å². The summed E-state index contributed by atoms with van der Waals surface area (Å²) in [6, 6.07) is 5.73. The first-order valence-corrected chi connectivity index (χ1v) is 4.34. The Morgan fingerprint density at radius 1 is 1.27 bits per heavy atom. The quantitative estimate of drug-likeness (QED) is 0.825. The van der Waals surface area contributed by atoms with Crippen molar-refractivity contribution < 1.29 is 18.3 Å². The zero-order valence-corrected chi connectivity index (χ0v) is 8.42. The Hall–Kier alpha value is -1.23. The highest BCUT2D eigenvalue weighted by atomic mass is 19.4. The van der Waals surface area contributed by atoms with Crippen LogP contribution in [0.5, 0.6) is 0 Å². The van der Waals surface area contributed by atoms with Crippen molar-refractivity contribution in [2.24, 2.45) is 0 Å². The molecule has 15 heavy (non-hydrogen) atoms. The summed E-state index contributed by atoms with van der Waals surface area (Å²) in [7, 11) is 3.44. The summed E-state index contributed by atoms with van der Waals surface area (Å²) in [5.41, 5.74) is 0.476. The van der Waals surface area contributed by atoms with Crippen molar-refractivity contribution in [2.75, 3.05) is 19.0 Å². The predicted molar refractivity (Wildman–Crippen MR) is 51.8 cm³/mol. The van der Waals surface area contributed by atoms with Gasteiger partial charge in [0.05, 0.1) is 0 Å². The van der Waals surface area contributed by atoms with Gasteiger partial charge in [-0.25, -0.2) is 0 Å². The molecule has 0 aliphatic heterocycles. The Bertz CT molecular complexity index is 336. The number of halogens is 3. The van der Waals surface area contributed by atoms with Crippen molar-refractivity contribution in [3.8, 4) is 0 Å². The third-order valence-electron chi connectivity index (χ3n) is 2.01. The zero-order chi connectivity index (χ0) is 11.6. The van der Waals surface area contributed by atoms with Crippen LogP contribution in [0.3, 0.4) is 0 Å². The highest BCUT2D eigenvalue weighted by Gasteiger charge is 2.39. The first-order chi connectivity index (χ1) is 6.82. The van der Waals surface area contributed by atoms with Gasteiger partial charge in [-0.2, -0.15) is 13.2 Å². The largest absolute Gasteiger partial charge is 0.418 e. The molecule has 0 saturated carbocycles. The standard InChI is InChI=1S/C10H12F3NO/c1-14(2)8-5-3-4-7(6-8)9(15)10(11,12)13/h3-6,9,15H,1-2H3. The summed E-state index contributed by atoms with van der Waals surface area (Å²) in [6.07, 6.45) is -7.04. The van der Waals surface area contributed by atoms with Crippen LogP contribution in [-0.4, -0.2) is 25.4 Å². The maximum Gasteiger partial charge on any atom is 0.418 e. The van der Waals surface area contributed by atoms with Gasteiger partial charge in [-0.05, 0) is 17.7 Å². The van der Waals surface area contributed by atoms with Crippen molar-refractivity contribution in [1.82, 2.24) is 0 Å². The molecule has 1 aromatic carbocycles. The average Bonchev–Trinajstić information content (AvgIpc) is 2.15. The fourth-order valence-electron chi connectivity index (χ4n) is 1.16. The van der Waals surface area contributed by atoms with E-state index in [9.17, 15) is 13.2 Å². The number of aliphatic hydroxyl groups is 1. The second-order valence-corrected chi connectivity index (χ2v) is 3.43. The fraction of sp³-hybridized carbons (Fsp3) is 0.400. The molecule has 2 nitrogen and oxygen atoms in total. The summed E-state index contributed by atoms with van der Waals surface area (Å²) >= 11 is 0. The number of benzene rings is 1. The molecule has 1 N–H and O–H groups in total. The fourth-order valence-corrected chi connectivity index (χ4v) is 1.16. The van der Waals surface area contributed by atoms with E-state index in [0.29, 0.717) is 5.69 Å². The van der Waals surface area contributed by atoms with Crippen molar-refractivity contribution in [2.45, 2.75) is 12.3 Å². The second kappa shape index (κ2) is 4.10. The topological polar surface area (TPSA) is 23.5 Å². The van der Waals surface area contributed by atoms with Crippen molar-refractivity contribution >= 4 is 5.69 Å². The Labute approximate surface area is 85.9 Å². The summed E-state index contributed by atoms with van der Waals surface area (Å²) in [5.74, 6) is 0. The van der Waals surface area contributed by atoms with Gasteiger partial charge in [0.2, 0.25) is 0 Å². The molecule has 0 amide bonds. The first-order valence-electron chi connectivity index (χ1n) is 4.34. The van der Waals surface area contributed by atoms with Crippen LogP contribution in [0.4, 0.5) is 18.9 Å². The average molecular weight is 219 g/mol. The Balaban J connectivity index is 3.00. The summed E-state index contributed by atoms with van der Waals surface area (Å²) < 4.78 is 36.6. The lowest BCUT2D eigenvalue weighted by Crippen LogP contribution is -2.20. The molecule has 0 spiro atoms. The van der Waals surface area contributed by atoms with E-state index >= 15 is 0 Å². The SMILES string of the molecule is CN(C)c1cccc(C(O)C(F)(F)F)c1. The third-order valence-corrected chi connectivity index (χ3v) is 2.01. The second-order valence-electron chi connectivity index (χ2n) is 3.43. The lowest BCUT2D eigenvalue weighted by atomic mass is 10.1. The van der Waals surface area contributed by atoms with E-state index in [1.807, 2.05) is 0 Å². The van der Waals surface area contributed by atoms with Gasteiger partial charge in [0.25, 0.3) is 0 Å². The van der Waals surface area contributed by atoms with Gasteiger partial charge in [-0.1, -0.05) is 12.1 Å². The van der Waals surface area contributed by atoms with Crippen LogP contribution in [0.15, 0.2) is 24.3 Å². The van der Waals surface area contributed by atoms with Gasteiger partial charge in [0.1, 0.15) is 0 Å². The molecule has 5 heteroatoms. The van der Waals surface area contributed by atoms with E-state index < -0.39 is 12.3 Å².